The Kier molecular flexibility index (Phi) is 6.63. The summed E-state index contributed by atoms with van der Waals surface area (Å²) in [6.45, 7) is 13.7. The molecule has 0 saturated heterocycles. The van der Waals surface area contributed by atoms with Crippen LogP contribution in [0.25, 0.3) is 11.0 Å². The highest BCUT2D eigenvalue weighted by Gasteiger charge is 2.31. The van der Waals surface area contributed by atoms with Gasteiger partial charge < -0.3 is 9.30 Å². The normalized spacial score (nSPS) is 13.7. The maximum absolute atomic E-state index is 12.9. The zero-order chi connectivity index (χ0) is 20.6. The lowest BCUT2D eigenvalue weighted by atomic mass is 10.1. The van der Waals surface area contributed by atoms with E-state index in [2.05, 4.69) is 40.6 Å². The second-order valence-electron chi connectivity index (χ2n) is 8.98. The van der Waals surface area contributed by atoms with Crippen molar-refractivity contribution in [2.45, 2.75) is 63.6 Å². The van der Waals surface area contributed by atoms with Crippen molar-refractivity contribution in [3.05, 3.63) is 22.9 Å². The van der Waals surface area contributed by atoms with Gasteiger partial charge in [-0.25, -0.2) is 13.4 Å². The van der Waals surface area contributed by atoms with Gasteiger partial charge in [0.25, 0.3) is 0 Å². The smallest absolute Gasteiger partial charge is 0.243 e. The summed E-state index contributed by atoms with van der Waals surface area (Å²) >= 11 is 3.52. The van der Waals surface area contributed by atoms with E-state index in [1.807, 2.05) is 25.3 Å². The third-order valence-corrected chi connectivity index (χ3v) is 8.88. The lowest BCUT2D eigenvalue weighted by Gasteiger charge is -2.30. The molecular formula is C18H30BrN3O3SSi. The number of imidazole rings is 1. The molecule has 0 aliphatic carbocycles. The Morgan fingerprint density at radius 2 is 1.89 bits per heavy atom. The van der Waals surface area contributed by atoms with Crippen LogP contribution in [-0.2, 0) is 21.5 Å². The molecule has 0 aliphatic rings. The first-order chi connectivity index (χ1) is 12.2. The Labute approximate surface area is 172 Å². The first kappa shape index (κ1) is 22.5. The van der Waals surface area contributed by atoms with Gasteiger partial charge in [-0.15, -0.1) is 0 Å². The van der Waals surface area contributed by atoms with Crippen LogP contribution >= 0.6 is 15.9 Å². The molecule has 2 rings (SSSR count). The van der Waals surface area contributed by atoms with Crippen molar-refractivity contribution in [1.82, 2.24) is 13.9 Å². The zero-order valence-corrected chi connectivity index (χ0v) is 20.6. The van der Waals surface area contributed by atoms with Crippen molar-refractivity contribution < 1.29 is 13.2 Å². The second kappa shape index (κ2) is 7.94. The molecule has 6 nitrogen and oxygen atoms in total. The fourth-order valence-electron chi connectivity index (χ4n) is 2.44. The van der Waals surface area contributed by atoms with Crippen molar-refractivity contribution in [2.75, 3.05) is 13.7 Å². The summed E-state index contributed by atoms with van der Waals surface area (Å²) in [5.74, 6) is 0. The molecule has 1 aromatic heterocycles. The van der Waals surface area contributed by atoms with E-state index in [1.54, 1.807) is 25.5 Å². The number of rotatable bonds is 7. The van der Waals surface area contributed by atoms with Crippen LogP contribution in [-0.4, -0.2) is 49.5 Å². The summed E-state index contributed by atoms with van der Waals surface area (Å²) in [6, 6.07) is 4.36. The van der Waals surface area contributed by atoms with Gasteiger partial charge in [-0.05, 0) is 54.9 Å². The number of hydrogen-bond donors (Lipinski definition) is 0. The molecule has 152 valence electrons. The Morgan fingerprint density at radius 3 is 2.44 bits per heavy atom. The number of hydrogen-bond acceptors (Lipinski definition) is 4. The molecule has 0 saturated carbocycles. The molecule has 0 atom stereocenters. The lowest BCUT2D eigenvalue weighted by molar-refractivity contribution is 0.0898. The average Bonchev–Trinajstić information content (AvgIpc) is 2.92. The van der Waals surface area contributed by atoms with E-state index in [1.165, 1.54) is 4.31 Å². The predicted octanol–water partition coefficient (Wildman–Crippen LogP) is 4.53. The Bertz CT molecular complexity index is 914. The summed E-state index contributed by atoms with van der Waals surface area (Å²) < 4.78 is 35.6. The van der Waals surface area contributed by atoms with Crippen LogP contribution in [0.5, 0.6) is 0 Å². The molecule has 0 radical (unpaired) electrons. The van der Waals surface area contributed by atoms with Gasteiger partial charge in [-0.1, -0.05) is 19.6 Å². The number of nitrogens with zero attached hydrogens (tertiary/aromatic N) is 3. The van der Waals surface area contributed by atoms with E-state index in [-0.39, 0.29) is 4.90 Å². The zero-order valence-electron chi connectivity index (χ0n) is 17.2. The Balaban J connectivity index is 2.29. The average molecular weight is 477 g/mol. The van der Waals surface area contributed by atoms with Gasteiger partial charge in [-0.3, -0.25) is 0 Å². The van der Waals surface area contributed by atoms with E-state index < -0.39 is 23.6 Å². The fraction of sp³-hybridized carbons (Fsp3) is 0.611. The standard InChI is InChI=1S/C18H30BrN3O3SSi/c1-18(2,3)21(4)26(23,24)14-10-15(19)17-16(11-14)20-12-22(17)13-25-8-9-27(5,6)7/h10-12H,8-9,13H2,1-7H3. The number of aromatic nitrogens is 2. The maximum Gasteiger partial charge on any atom is 0.243 e. The van der Waals surface area contributed by atoms with E-state index >= 15 is 0 Å². The predicted molar refractivity (Wildman–Crippen MR) is 116 cm³/mol. The van der Waals surface area contributed by atoms with Gasteiger partial charge in [0.1, 0.15) is 6.73 Å². The van der Waals surface area contributed by atoms with Gasteiger partial charge in [0.05, 0.1) is 22.3 Å². The highest BCUT2D eigenvalue weighted by Crippen LogP contribution is 2.30. The minimum atomic E-state index is -3.61. The highest BCUT2D eigenvalue weighted by molar-refractivity contribution is 9.10. The first-order valence-electron chi connectivity index (χ1n) is 8.95. The number of ether oxygens (including phenoxy) is 1. The van der Waals surface area contributed by atoms with Crippen molar-refractivity contribution in [3.8, 4) is 0 Å². The molecule has 0 fully saturated rings. The van der Waals surface area contributed by atoms with Gasteiger partial charge in [0.2, 0.25) is 10.0 Å². The summed E-state index contributed by atoms with van der Waals surface area (Å²) in [5.41, 5.74) is 0.948. The molecule has 0 unspecified atom stereocenters. The first-order valence-corrected chi connectivity index (χ1v) is 14.9. The van der Waals surface area contributed by atoms with Crippen LogP contribution in [0.3, 0.4) is 0 Å². The lowest BCUT2D eigenvalue weighted by Crippen LogP contribution is -2.42. The topological polar surface area (TPSA) is 64.4 Å². The van der Waals surface area contributed by atoms with Crippen LogP contribution in [0.15, 0.2) is 27.8 Å². The summed E-state index contributed by atoms with van der Waals surface area (Å²) in [6.07, 6.45) is 1.69. The molecule has 0 amide bonds. The van der Waals surface area contributed by atoms with Gasteiger partial charge >= 0.3 is 0 Å². The van der Waals surface area contributed by atoms with Gasteiger partial charge in [-0.2, -0.15) is 4.31 Å². The van der Waals surface area contributed by atoms with Crippen molar-refractivity contribution in [3.63, 3.8) is 0 Å². The summed E-state index contributed by atoms with van der Waals surface area (Å²) in [4.78, 5) is 4.61. The molecule has 27 heavy (non-hydrogen) atoms. The SMILES string of the molecule is CN(C(C)(C)C)S(=O)(=O)c1cc(Br)c2c(c1)ncn2COCC[Si](C)(C)C. The Morgan fingerprint density at radius 1 is 1.26 bits per heavy atom. The molecule has 1 aromatic carbocycles. The molecule has 0 N–H and O–H groups in total. The Hall–Kier alpha value is -0.743. The van der Waals surface area contributed by atoms with Crippen LogP contribution in [0.4, 0.5) is 0 Å². The fourth-order valence-corrected chi connectivity index (χ4v) is 5.59. The molecule has 0 spiro atoms. The van der Waals surface area contributed by atoms with Crippen LogP contribution in [0, 0.1) is 0 Å². The number of benzene rings is 1. The number of halogens is 1. The quantitative estimate of drug-likeness (QED) is 0.435. The van der Waals surface area contributed by atoms with E-state index in [0.29, 0.717) is 16.7 Å². The highest BCUT2D eigenvalue weighted by atomic mass is 79.9. The van der Waals surface area contributed by atoms with Crippen LogP contribution in [0.2, 0.25) is 25.7 Å². The molecule has 0 aliphatic heterocycles. The molecule has 2 aromatic rings. The van der Waals surface area contributed by atoms with E-state index in [0.717, 1.165) is 18.2 Å². The minimum absolute atomic E-state index is 0.226. The second-order valence-corrected chi connectivity index (χ2v) is 17.4. The largest absolute Gasteiger partial charge is 0.361 e. The van der Waals surface area contributed by atoms with Crippen molar-refractivity contribution in [1.29, 1.82) is 0 Å². The summed E-state index contributed by atoms with van der Waals surface area (Å²) in [5, 5.41) is 0. The van der Waals surface area contributed by atoms with Crippen LogP contribution in [0.1, 0.15) is 20.8 Å². The number of sulfonamides is 1. The van der Waals surface area contributed by atoms with E-state index in [9.17, 15) is 8.42 Å². The maximum atomic E-state index is 12.9. The van der Waals surface area contributed by atoms with Crippen molar-refractivity contribution >= 4 is 45.1 Å². The van der Waals surface area contributed by atoms with Crippen LogP contribution < -0.4 is 0 Å². The van der Waals surface area contributed by atoms with Gasteiger partial charge in [0.15, 0.2) is 0 Å². The minimum Gasteiger partial charge on any atom is -0.361 e. The molecule has 9 heteroatoms. The number of fused-ring (bicyclic) bond motifs is 1. The molecular weight excluding hydrogens is 446 g/mol. The summed E-state index contributed by atoms with van der Waals surface area (Å²) in [7, 11) is -3.14. The van der Waals surface area contributed by atoms with Gasteiger partial charge in [0, 0.05) is 31.7 Å². The molecule has 1 heterocycles. The van der Waals surface area contributed by atoms with E-state index in [4.69, 9.17) is 4.74 Å². The third-order valence-electron chi connectivity index (χ3n) is 4.47. The monoisotopic (exact) mass is 475 g/mol. The van der Waals surface area contributed by atoms with Crippen molar-refractivity contribution in [2.24, 2.45) is 0 Å². The molecule has 0 bridgehead atoms. The third kappa shape index (κ3) is 5.41.